The van der Waals surface area contributed by atoms with Gasteiger partial charge in [-0.3, -0.25) is 14.2 Å². The van der Waals surface area contributed by atoms with Crippen molar-refractivity contribution in [1.82, 2.24) is 8.87 Å². The first kappa shape index (κ1) is 20.7. The van der Waals surface area contributed by atoms with Crippen LogP contribution in [0.3, 0.4) is 0 Å². The summed E-state index contributed by atoms with van der Waals surface area (Å²) in [6, 6.07) is 8.55. The molecular formula is C20H20FN3O4S2. The van der Waals surface area contributed by atoms with E-state index in [2.05, 4.69) is 5.32 Å². The van der Waals surface area contributed by atoms with Crippen molar-refractivity contribution in [3.8, 4) is 0 Å². The number of thiazole rings is 1. The number of aromatic nitrogens is 1. The molecule has 1 aliphatic rings. The molecule has 0 atom stereocenters. The number of nitrogens with one attached hydrogen (secondary N) is 1. The van der Waals surface area contributed by atoms with Gasteiger partial charge in [-0.25, -0.2) is 12.8 Å². The SMILES string of the molecule is Cc1cc(F)ccc1NC(=O)Cn1c(=O)sc2cc(S(=O)(=O)N3CCCC3)ccc21. The Kier molecular flexibility index (Phi) is 5.48. The summed E-state index contributed by atoms with van der Waals surface area (Å²) in [6.07, 6.45) is 1.68. The van der Waals surface area contributed by atoms with E-state index in [9.17, 15) is 22.4 Å². The minimum absolute atomic E-state index is 0.150. The van der Waals surface area contributed by atoms with Crippen LogP contribution in [-0.4, -0.2) is 36.3 Å². The van der Waals surface area contributed by atoms with E-state index >= 15 is 0 Å². The van der Waals surface area contributed by atoms with E-state index in [-0.39, 0.29) is 16.3 Å². The number of carbonyl (C=O) groups is 1. The molecule has 1 amide bonds. The van der Waals surface area contributed by atoms with Crippen LogP contribution in [0, 0.1) is 12.7 Å². The zero-order chi connectivity index (χ0) is 21.5. The van der Waals surface area contributed by atoms with Crippen molar-refractivity contribution >= 4 is 43.2 Å². The highest BCUT2D eigenvalue weighted by Gasteiger charge is 2.27. The average Bonchev–Trinajstić information content (AvgIpc) is 3.33. The number of aryl methyl sites for hydroxylation is 1. The number of halogens is 1. The molecule has 1 fully saturated rings. The molecule has 7 nitrogen and oxygen atoms in total. The average molecular weight is 450 g/mol. The number of anilines is 1. The molecule has 1 saturated heterocycles. The second-order valence-corrected chi connectivity index (χ2v) is 10.1. The second-order valence-electron chi connectivity index (χ2n) is 7.20. The quantitative estimate of drug-likeness (QED) is 0.649. The van der Waals surface area contributed by atoms with E-state index in [1.54, 1.807) is 13.0 Å². The van der Waals surface area contributed by atoms with E-state index in [0.29, 0.717) is 34.6 Å². The van der Waals surface area contributed by atoms with Crippen LogP contribution in [0.15, 0.2) is 46.1 Å². The largest absolute Gasteiger partial charge is 0.324 e. The summed E-state index contributed by atoms with van der Waals surface area (Å²) < 4.78 is 42.0. The maximum atomic E-state index is 13.2. The highest BCUT2D eigenvalue weighted by molar-refractivity contribution is 7.89. The van der Waals surface area contributed by atoms with Gasteiger partial charge in [0.2, 0.25) is 15.9 Å². The molecule has 1 aromatic heterocycles. The number of hydrogen-bond donors (Lipinski definition) is 1. The van der Waals surface area contributed by atoms with Crippen LogP contribution in [0.2, 0.25) is 0 Å². The van der Waals surface area contributed by atoms with Gasteiger partial charge in [-0.05, 0) is 61.7 Å². The lowest BCUT2D eigenvalue weighted by atomic mass is 10.2. The number of rotatable bonds is 5. The molecule has 2 aromatic carbocycles. The van der Waals surface area contributed by atoms with Crippen molar-refractivity contribution in [1.29, 1.82) is 0 Å². The Balaban J connectivity index is 1.60. The topological polar surface area (TPSA) is 88.5 Å². The molecule has 0 bridgehead atoms. The first-order valence-corrected chi connectivity index (χ1v) is 11.7. The van der Waals surface area contributed by atoms with Crippen molar-refractivity contribution in [2.24, 2.45) is 0 Å². The molecule has 10 heteroatoms. The molecule has 1 N–H and O–H groups in total. The van der Waals surface area contributed by atoms with Crippen molar-refractivity contribution in [3.05, 3.63) is 57.4 Å². The maximum Gasteiger partial charge on any atom is 0.308 e. The molecule has 0 radical (unpaired) electrons. The van der Waals surface area contributed by atoms with Crippen molar-refractivity contribution in [2.45, 2.75) is 31.2 Å². The molecule has 0 spiro atoms. The Hall–Kier alpha value is -2.56. The van der Waals surface area contributed by atoms with Crippen molar-refractivity contribution in [2.75, 3.05) is 18.4 Å². The molecular weight excluding hydrogens is 429 g/mol. The number of hydrogen-bond acceptors (Lipinski definition) is 5. The third-order valence-corrected chi connectivity index (χ3v) is 7.94. The minimum atomic E-state index is -3.59. The monoisotopic (exact) mass is 449 g/mol. The van der Waals surface area contributed by atoms with Gasteiger partial charge in [0, 0.05) is 18.8 Å². The zero-order valence-corrected chi connectivity index (χ0v) is 17.9. The predicted octanol–water partition coefficient (Wildman–Crippen LogP) is 2.93. The fourth-order valence-corrected chi connectivity index (χ4v) is 6.08. The van der Waals surface area contributed by atoms with Crippen LogP contribution in [0.5, 0.6) is 0 Å². The first-order valence-electron chi connectivity index (χ1n) is 9.45. The minimum Gasteiger partial charge on any atom is -0.324 e. The molecule has 4 rings (SSSR count). The highest BCUT2D eigenvalue weighted by atomic mass is 32.2. The van der Waals surface area contributed by atoms with Crippen LogP contribution >= 0.6 is 11.3 Å². The summed E-state index contributed by atoms with van der Waals surface area (Å²) >= 11 is 0.900. The van der Waals surface area contributed by atoms with Crippen LogP contribution in [-0.2, 0) is 21.4 Å². The van der Waals surface area contributed by atoms with E-state index < -0.39 is 21.7 Å². The Bertz CT molecular complexity index is 1290. The molecule has 158 valence electrons. The number of amides is 1. The summed E-state index contributed by atoms with van der Waals surface area (Å²) in [7, 11) is -3.59. The van der Waals surface area contributed by atoms with E-state index in [1.165, 1.54) is 39.2 Å². The zero-order valence-electron chi connectivity index (χ0n) is 16.2. The normalized spacial score (nSPS) is 15.0. The van der Waals surface area contributed by atoms with Gasteiger partial charge in [0.05, 0.1) is 15.1 Å². The fourth-order valence-electron chi connectivity index (χ4n) is 3.54. The standard InChI is InChI=1S/C20H20FN3O4S2/c1-13-10-14(21)4-6-16(13)22-19(25)12-24-17-7-5-15(11-18(17)29-20(24)26)30(27,28)23-8-2-3-9-23/h4-7,10-11H,2-3,8-9,12H2,1H3,(H,22,25). The van der Waals surface area contributed by atoms with Crippen LogP contribution in [0.1, 0.15) is 18.4 Å². The van der Waals surface area contributed by atoms with E-state index in [0.717, 1.165) is 24.2 Å². The lowest BCUT2D eigenvalue weighted by Gasteiger charge is -2.15. The van der Waals surface area contributed by atoms with Crippen LogP contribution in [0.25, 0.3) is 10.2 Å². The Labute approximate surface area is 176 Å². The van der Waals surface area contributed by atoms with Gasteiger partial charge in [0.25, 0.3) is 0 Å². The molecule has 3 aromatic rings. The number of nitrogens with zero attached hydrogens (tertiary/aromatic N) is 2. The van der Waals surface area contributed by atoms with Crippen LogP contribution < -0.4 is 10.2 Å². The summed E-state index contributed by atoms with van der Waals surface area (Å²) in [6.45, 7) is 2.45. The molecule has 2 heterocycles. The molecule has 0 saturated carbocycles. The van der Waals surface area contributed by atoms with Gasteiger partial charge in [-0.15, -0.1) is 0 Å². The smallest absolute Gasteiger partial charge is 0.308 e. The van der Waals surface area contributed by atoms with Gasteiger partial charge in [-0.1, -0.05) is 11.3 Å². The Morgan fingerprint density at radius 2 is 1.90 bits per heavy atom. The Morgan fingerprint density at radius 3 is 2.60 bits per heavy atom. The van der Waals surface area contributed by atoms with Gasteiger partial charge in [0.15, 0.2) is 0 Å². The van der Waals surface area contributed by atoms with E-state index in [1.807, 2.05) is 0 Å². The predicted molar refractivity (Wildman–Crippen MR) is 114 cm³/mol. The van der Waals surface area contributed by atoms with Gasteiger partial charge >= 0.3 is 4.87 Å². The van der Waals surface area contributed by atoms with Crippen LogP contribution in [0.4, 0.5) is 10.1 Å². The summed E-state index contributed by atoms with van der Waals surface area (Å²) in [5.74, 6) is -0.828. The van der Waals surface area contributed by atoms with Gasteiger partial charge in [0.1, 0.15) is 12.4 Å². The summed E-state index contributed by atoms with van der Waals surface area (Å²) in [5.41, 5.74) is 1.53. The third kappa shape index (κ3) is 3.90. The number of sulfonamides is 1. The molecule has 30 heavy (non-hydrogen) atoms. The fraction of sp³-hybridized carbons (Fsp3) is 0.300. The molecule has 0 unspecified atom stereocenters. The molecule has 0 aliphatic carbocycles. The molecule has 1 aliphatic heterocycles. The summed E-state index contributed by atoms with van der Waals surface area (Å²) in [5, 5.41) is 2.68. The van der Waals surface area contributed by atoms with Gasteiger partial charge < -0.3 is 5.32 Å². The number of carbonyl (C=O) groups excluding carboxylic acids is 1. The highest BCUT2D eigenvalue weighted by Crippen LogP contribution is 2.26. The summed E-state index contributed by atoms with van der Waals surface area (Å²) in [4.78, 5) is 24.7. The lowest BCUT2D eigenvalue weighted by Crippen LogP contribution is -2.27. The lowest BCUT2D eigenvalue weighted by molar-refractivity contribution is -0.116. The first-order chi connectivity index (χ1) is 14.3. The number of fused-ring (bicyclic) bond motifs is 1. The maximum absolute atomic E-state index is 13.2. The van der Waals surface area contributed by atoms with Crippen molar-refractivity contribution < 1.29 is 17.6 Å². The second kappa shape index (κ2) is 7.93. The van der Waals surface area contributed by atoms with E-state index in [4.69, 9.17) is 0 Å². The Morgan fingerprint density at radius 1 is 1.17 bits per heavy atom. The van der Waals surface area contributed by atoms with Crippen molar-refractivity contribution in [3.63, 3.8) is 0 Å². The van der Waals surface area contributed by atoms with Gasteiger partial charge in [-0.2, -0.15) is 4.31 Å². The third-order valence-electron chi connectivity index (χ3n) is 5.11. The number of benzene rings is 2.